The molecular weight excluding hydrogens is 508 g/mol. The smallest absolute Gasteiger partial charge is 0.410 e. The Bertz CT molecular complexity index is 1270. The number of carbonyl (C=O) groups is 1. The molecular formula is C29H42N8O3. The highest BCUT2D eigenvalue weighted by molar-refractivity contribution is 6.03. The molecule has 2 aromatic rings. The van der Waals surface area contributed by atoms with E-state index in [4.69, 9.17) is 20.1 Å². The van der Waals surface area contributed by atoms with E-state index in [9.17, 15) is 9.90 Å². The van der Waals surface area contributed by atoms with Gasteiger partial charge in [-0.2, -0.15) is 4.98 Å². The summed E-state index contributed by atoms with van der Waals surface area (Å²) >= 11 is 0. The van der Waals surface area contributed by atoms with Gasteiger partial charge in [-0.15, -0.1) is 6.58 Å². The van der Waals surface area contributed by atoms with Crippen LogP contribution in [0.3, 0.4) is 0 Å². The molecule has 4 N–H and O–H groups in total. The van der Waals surface area contributed by atoms with Crippen molar-refractivity contribution in [3.63, 3.8) is 0 Å². The topological polar surface area (TPSA) is 141 Å². The average Bonchev–Trinajstić information content (AvgIpc) is 3.52. The quantitative estimate of drug-likeness (QED) is 0.209. The molecule has 0 spiro atoms. The van der Waals surface area contributed by atoms with E-state index in [-0.39, 0.29) is 29.8 Å². The summed E-state index contributed by atoms with van der Waals surface area (Å²) in [6.45, 7) is 8.46. The number of fused-ring (bicyclic) bond motifs is 2. The second kappa shape index (κ2) is 11.3. The molecule has 4 aliphatic rings. The van der Waals surface area contributed by atoms with Crippen LogP contribution in [0, 0.1) is 23.2 Å². The molecule has 11 heteroatoms. The highest BCUT2D eigenvalue weighted by atomic mass is 16.5. The van der Waals surface area contributed by atoms with Crippen LogP contribution in [0.1, 0.15) is 77.0 Å². The lowest BCUT2D eigenvalue weighted by molar-refractivity contribution is 0.0247. The fourth-order valence-corrected chi connectivity index (χ4v) is 7.10. The van der Waals surface area contributed by atoms with Gasteiger partial charge in [-0.05, 0) is 82.5 Å². The molecule has 1 saturated heterocycles. The number of hydrogen-bond acceptors (Lipinski definition) is 8. The van der Waals surface area contributed by atoms with Gasteiger partial charge in [-0.25, -0.2) is 14.8 Å². The van der Waals surface area contributed by atoms with Crippen LogP contribution in [0.4, 0.5) is 16.6 Å². The van der Waals surface area contributed by atoms with Crippen molar-refractivity contribution in [2.75, 3.05) is 23.4 Å². The standard InChI is InChI=1S/C29H42N8O3/c1-3-18-10-12-19(13-11-18)16-37-23-25(31-17(2)20-6-4-7-20)33-27(24(30)32-29(38)39)34-26(23)35-28(37)36-14-15-40-22-9-5-8-21(22)36/h3,17-22H,1,4-16H2,2H3,(H2,30,32)(H,38,39)(H,31,33,34)/t17-,18?,19?,21?,22?/m1/s1. The van der Waals surface area contributed by atoms with Crippen LogP contribution in [-0.4, -0.2) is 67.9 Å². The van der Waals surface area contributed by atoms with Gasteiger partial charge in [0, 0.05) is 19.1 Å². The second-order valence-corrected chi connectivity index (χ2v) is 12.1. The van der Waals surface area contributed by atoms with Crippen molar-refractivity contribution in [1.82, 2.24) is 24.8 Å². The molecule has 0 radical (unpaired) electrons. The van der Waals surface area contributed by atoms with Gasteiger partial charge in [0.25, 0.3) is 0 Å². The number of rotatable bonds is 8. The van der Waals surface area contributed by atoms with Gasteiger partial charge in [0.15, 0.2) is 23.1 Å². The number of morpholine rings is 1. The van der Waals surface area contributed by atoms with E-state index >= 15 is 0 Å². The number of hydrogen-bond donors (Lipinski definition) is 4. The third-order valence-electron chi connectivity index (χ3n) is 9.66. The first-order valence-corrected chi connectivity index (χ1v) is 15.1. The highest BCUT2D eigenvalue weighted by Gasteiger charge is 2.39. The molecule has 1 aliphatic heterocycles. The molecule has 0 bridgehead atoms. The number of amidine groups is 1. The average molecular weight is 551 g/mol. The summed E-state index contributed by atoms with van der Waals surface area (Å²) in [5.74, 6) is 2.87. The number of aromatic nitrogens is 4. The second-order valence-electron chi connectivity index (χ2n) is 12.1. The van der Waals surface area contributed by atoms with Crippen molar-refractivity contribution in [2.45, 2.75) is 95.9 Å². The third kappa shape index (κ3) is 5.27. The molecule has 40 heavy (non-hydrogen) atoms. The summed E-state index contributed by atoms with van der Waals surface area (Å²) in [5, 5.41) is 23.3. The summed E-state index contributed by atoms with van der Waals surface area (Å²) in [4.78, 5) is 28.2. The summed E-state index contributed by atoms with van der Waals surface area (Å²) in [7, 11) is 0. The molecule has 0 aromatic carbocycles. The van der Waals surface area contributed by atoms with Crippen LogP contribution in [0.2, 0.25) is 0 Å². The maximum atomic E-state index is 11.3. The molecule has 1 amide bonds. The number of nitrogens with zero attached hydrogens (tertiary/aromatic N) is 5. The third-order valence-corrected chi connectivity index (χ3v) is 9.66. The monoisotopic (exact) mass is 550 g/mol. The fraction of sp³-hybridized carbons (Fsp3) is 0.690. The minimum absolute atomic E-state index is 0.0293. The number of allylic oxidation sites excluding steroid dienone is 1. The predicted molar refractivity (Wildman–Crippen MR) is 154 cm³/mol. The fourth-order valence-electron chi connectivity index (χ4n) is 7.10. The van der Waals surface area contributed by atoms with Crippen LogP contribution in [0.15, 0.2) is 12.7 Å². The van der Waals surface area contributed by atoms with Crippen molar-refractivity contribution < 1.29 is 14.6 Å². The Kier molecular flexibility index (Phi) is 7.65. The van der Waals surface area contributed by atoms with E-state index in [1.807, 2.05) is 0 Å². The molecule has 3 aliphatic carbocycles. The maximum absolute atomic E-state index is 11.3. The first-order valence-electron chi connectivity index (χ1n) is 15.1. The van der Waals surface area contributed by atoms with Gasteiger partial charge in [0.2, 0.25) is 5.95 Å². The number of amides is 1. The van der Waals surface area contributed by atoms with Gasteiger partial charge >= 0.3 is 6.09 Å². The summed E-state index contributed by atoms with van der Waals surface area (Å²) in [6.07, 6.45) is 12.5. The Labute approximate surface area is 235 Å². The van der Waals surface area contributed by atoms with E-state index < -0.39 is 6.09 Å². The Morgan fingerprint density at radius 3 is 2.62 bits per heavy atom. The molecule has 3 saturated carbocycles. The van der Waals surface area contributed by atoms with E-state index in [1.165, 1.54) is 19.3 Å². The molecule has 6 rings (SSSR count). The van der Waals surface area contributed by atoms with E-state index in [2.05, 4.69) is 44.7 Å². The van der Waals surface area contributed by atoms with Crippen LogP contribution < -0.4 is 15.5 Å². The van der Waals surface area contributed by atoms with Gasteiger partial charge in [0.1, 0.15) is 5.52 Å². The molecule has 216 valence electrons. The van der Waals surface area contributed by atoms with Crippen LogP contribution in [0.5, 0.6) is 0 Å². The van der Waals surface area contributed by atoms with Crippen LogP contribution >= 0.6 is 0 Å². The van der Waals surface area contributed by atoms with Crippen molar-refractivity contribution in [3.05, 3.63) is 18.5 Å². The van der Waals surface area contributed by atoms with E-state index in [1.54, 1.807) is 0 Å². The predicted octanol–water partition coefficient (Wildman–Crippen LogP) is 4.77. The lowest BCUT2D eigenvalue weighted by Crippen LogP contribution is -2.49. The maximum Gasteiger partial charge on any atom is 0.410 e. The zero-order valence-corrected chi connectivity index (χ0v) is 23.4. The first-order chi connectivity index (χ1) is 19.4. The van der Waals surface area contributed by atoms with Gasteiger partial charge < -0.3 is 24.6 Å². The highest BCUT2D eigenvalue weighted by Crippen LogP contribution is 2.39. The van der Waals surface area contributed by atoms with Crippen molar-refractivity contribution in [1.29, 1.82) is 5.41 Å². The Balaban J connectivity index is 1.45. The number of carboxylic acid groups (broad SMARTS) is 1. The number of imidazole rings is 1. The van der Waals surface area contributed by atoms with E-state index in [0.29, 0.717) is 35.8 Å². The Morgan fingerprint density at radius 2 is 1.93 bits per heavy atom. The Morgan fingerprint density at radius 1 is 1.15 bits per heavy atom. The molecule has 4 fully saturated rings. The molecule has 2 unspecified atom stereocenters. The molecule has 2 aromatic heterocycles. The first kappa shape index (κ1) is 27.0. The van der Waals surface area contributed by atoms with E-state index in [0.717, 1.165) is 69.5 Å². The summed E-state index contributed by atoms with van der Waals surface area (Å²) < 4.78 is 8.45. The van der Waals surface area contributed by atoms with Gasteiger partial charge in [0.05, 0.1) is 18.8 Å². The van der Waals surface area contributed by atoms with Crippen LogP contribution in [0.25, 0.3) is 11.2 Å². The van der Waals surface area contributed by atoms with Crippen molar-refractivity contribution in [3.8, 4) is 0 Å². The lowest BCUT2D eigenvalue weighted by atomic mass is 9.80. The van der Waals surface area contributed by atoms with Crippen LogP contribution in [-0.2, 0) is 11.3 Å². The normalized spacial score (nSPS) is 27.6. The zero-order chi connectivity index (χ0) is 27.8. The Hall–Kier alpha value is -3.21. The largest absolute Gasteiger partial charge is 0.465 e. The molecule has 11 nitrogen and oxygen atoms in total. The lowest BCUT2D eigenvalue weighted by Gasteiger charge is -2.39. The van der Waals surface area contributed by atoms with Gasteiger partial charge in [-0.3, -0.25) is 10.7 Å². The molecule has 3 heterocycles. The van der Waals surface area contributed by atoms with Crippen molar-refractivity contribution in [2.24, 2.45) is 17.8 Å². The minimum atomic E-state index is -1.31. The number of nitrogens with one attached hydrogen (secondary N) is 3. The summed E-state index contributed by atoms with van der Waals surface area (Å²) in [6, 6.07) is 0.476. The number of anilines is 2. The van der Waals surface area contributed by atoms with Gasteiger partial charge in [-0.1, -0.05) is 12.5 Å². The zero-order valence-electron chi connectivity index (χ0n) is 23.4. The SMILES string of the molecule is C=CC1CCC(Cn2c(N3CCOC4CCCC43)nc3nc(C(=N)NC(=O)O)nc(N[C@H](C)C4CCC4)c32)CC1. The molecule has 3 atom stereocenters. The minimum Gasteiger partial charge on any atom is -0.465 e. The van der Waals surface area contributed by atoms with Crippen molar-refractivity contribution >= 4 is 34.9 Å². The number of ether oxygens (including phenoxy) is 1. The summed E-state index contributed by atoms with van der Waals surface area (Å²) in [5.41, 5.74) is 1.35.